The number of benzene rings is 1. The predicted octanol–water partition coefficient (Wildman–Crippen LogP) is 3.28. The average molecular weight is 257 g/mol. The van der Waals surface area contributed by atoms with E-state index in [9.17, 15) is 4.79 Å². The van der Waals surface area contributed by atoms with Gasteiger partial charge in [0.1, 0.15) is 11.5 Å². The van der Waals surface area contributed by atoms with Gasteiger partial charge in [-0.2, -0.15) is 0 Å². The number of aromatic nitrogens is 1. The van der Waals surface area contributed by atoms with E-state index in [-0.39, 0.29) is 5.97 Å². The molecule has 0 saturated heterocycles. The largest absolute Gasteiger partial charge is 0.465 e. The minimum absolute atomic E-state index is 0.361. The quantitative estimate of drug-likeness (QED) is 0.792. The van der Waals surface area contributed by atoms with E-state index < -0.39 is 0 Å². The number of methoxy groups -OCH3 is 1. The Kier molecular flexibility index (Phi) is 3.80. The summed E-state index contributed by atoms with van der Waals surface area (Å²) in [7, 11) is 1.36. The van der Waals surface area contributed by atoms with Crippen LogP contribution in [0.5, 0.6) is 11.5 Å². The van der Waals surface area contributed by atoms with E-state index in [1.165, 1.54) is 7.11 Å². The summed E-state index contributed by atoms with van der Waals surface area (Å²) in [5.41, 5.74) is 2.35. The van der Waals surface area contributed by atoms with E-state index in [0.29, 0.717) is 17.1 Å². The lowest BCUT2D eigenvalue weighted by Crippen LogP contribution is -2.00. The van der Waals surface area contributed by atoms with E-state index >= 15 is 0 Å². The summed E-state index contributed by atoms with van der Waals surface area (Å²) in [6.07, 6.45) is 1.79. The van der Waals surface area contributed by atoms with E-state index in [1.807, 2.05) is 19.9 Å². The van der Waals surface area contributed by atoms with Crippen molar-refractivity contribution in [2.24, 2.45) is 0 Å². The van der Waals surface area contributed by atoms with Crippen LogP contribution in [0.3, 0.4) is 0 Å². The lowest BCUT2D eigenvalue weighted by molar-refractivity contribution is 0.0600. The maximum atomic E-state index is 11.3. The first-order valence-electron chi connectivity index (χ1n) is 5.89. The number of carbonyl (C=O) groups excluding carboxylic acids is 1. The van der Waals surface area contributed by atoms with Crippen molar-refractivity contribution in [3.63, 3.8) is 0 Å². The Hall–Kier alpha value is -2.36. The number of esters is 1. The Labute approximate surface area is 112 Å². The van der Waals surface area contributed by atoms with Crippen molar-refractivity contribution in [3.05, 3.63) is 53.3 Å². The lowest BCUT2D eigenvalue weighted by atomic mass is 10.2. The van der Waals surface area contributed by atoms with Crippen LogP contribution in [0.4, 0.5) is 0 Å². The van der Waals surface area contributed by atoms with E-state index in [2.05, 4.69) is 9.72 Å². The summed E-state index contributed by atoms with van der Waals surface area (Å²) in [6, 6.07) is 8.72. The molecule has 19 heavy (non-hydrogen) atoms. The Balaban J connectivity index is 2.19. The topological polar surface area (TPSA) is 48.4 Å². The first kappa shape index (κ1) is 13.1. The van der Waals surface area contributed by atoms with Crippen LogP contribution in [0.2, 0.25) is 0 Å². The van der Waals surface area contributed by atoms with Crippen molar-refractivity contribution in [1.29, 1.82) is 0 Å². The van der Waals surface area contributed by atoms with Gasteiger partial charge in [0.15, 0.2) is 0 Å². The smallest absolute Gasteiger partial charge is 0.337 e. The minimum atomic E-state index is -0.361. The summed E-state index contributed by atoms with van der Waals surface area (Å²) in [5.74, 6) is 1.01. The van der Waals surface area contributed by atoms with Gasteiger partial charge in [0, 0.05) is 6.20 Å². The molecule has 98 valence electrons. The fourth-order valence-electron chi connectivity index (χ4n) is 1.62. The van der Waals surface area contributed by atoms with Crippen LogP contribution < -0.4 is 4.74 Å². The SMILES string of the molecule is COC(=O)c1ccc(Oc2cc(C)cnc2C)cc1. The fraction of sp³-hybridized carbons (Fsp3) is 0.200. The monoisotopic (exact) mass is 257 g/mol. The van der Waals surface area contributed by atoms with Gasteiger partial charge in [-0.25, -0.2) is 4.79 Å². The summed E-state index contributed by atoms with van der Waals surface area (Å²) < 4.78 is 10.4. The molecule has 0 N–H and O–H groups in total. The number of hydrogen-bond donors (Lipinski definition) is 0. The standard InChI is InChI=1S/C15H15NO3/c1-10-8-14(11(2)16-9-10)19-13-6-4-12(5-7-13)15(17)18-3/h4-9H,1-3H3. The molecule has 0 atom stereocenters. The number of nitrogens with zero attached hydrogens (tertiary/aromatic N) is 1. The minimum Gasteiger partial charge on any atom is -0.465 e. The second kappa shape index (κ2) is 5.52. The molecular weight excluding hydrogens is 242 g/mol. The number of hydrogen-bond acceptors (Lipinski definition) is 4. The predicted molar refractivity (Wildman–Crippen MR) is 71.6 cm³/mol. The first-order valence-corrected chi connectivity index (χ1v) is 5.89. The Morgan fingerprint density at radius 2 is 1.84 bits per heavy atom. The number of rotatable bonds is 3. The van der Waals surface area contributed by atoms with Crippen LogP contribution >= 0.6 is 0 Å². The van der Waals surface area contributed by atoms with E-state index in [4.69, 9.17) is 4.74 Å². The third kappa shape index (κ3) is 3.10. The van der Waals surface area contributed by atoms with E-state index in [1.54, 1.807) is 30.5 Å². The molecule has 1 heterocycles. The second-order valence-electron chi connectivity index (χ2n) is 4.21. The maximum Gasteiger partial charge on any atom is 0.337 e. The van der Waals surface area contributed by atoms with Gasteiger partial charge in [0.25, 0.3) is 0 Å². The van der Waals surface area contributed by atoms with Gasteiger partial charge in [-0.3, -0.25) is 4.98 Å². The zero-order valence-corrected chi connectivity index (χ0v) is 11.1. The Morgan fingerprint density at radius 3 is 2.47 bits per heavy atom. The zero-order chi connectivity index (χ0) is 13.8. The summed E-state index contributed by atoms with van der Waals surface area (Å²) in [4.78, 5) is 15.5. The molecule has 0 spiro atoms. The number of aryl methyl sites for hydroxylation is 2. The van der Waals surface area contributed by atoms with Crippen LogP contribution in [0.15, 0.2) is 36.5 Å². The molecule has 0 aliphatic carbocycles. The van der Waals surface area contributed by atoms with Gasteiger partial charge < -0.3 is 9.47 Å². The van der Waals surface area contributed by atoms with Crippen molar-refractivity contribution in [1.82, 2.24) is 4.98 Å². The number of pyridine rings is 1. The summed E-state index contributed by atoms with van der Waals surface area (Å²) >= 11 is 0. The van der Waals surface area contributed by atoms with Crippen molar-refractivity contribution in [3.8, 4) is 11.5 Å². The van der Waals surface area contributed by atoms with Gasteiger partial charge in [0.05, 0.1) is 18.4 Å². The summed E-state index contributed by atoms with van der Waals surface area (Å²) in [6.45, 7) is 3.84. The van der Waals surface area contributed by atoms with Gasteiger partial charge in [-0.05, 0) is 49.7 Å². The molecule has 0 unspecified atom stereocenters. The van der Waals surface area contributed by atoms with Crippen molar-refractivity contribution in [2.45, 2.75) is 13.8 Å². The third-order valence-electron chi connectivity index (χ3n) is 2.68. The molecule has 0 radical (unpaired) electrons. The molecule has 1 aromatic carbocycles. The van der Waals surface area contributed by atoms with Gasteiger partial charge in [0.2, 0.25) is 0 Å². The molecular formula is C15H15NO3. The zero-order valence-electron chi connectivity index (χ0n) is 11.1. The molecule has 2 aromatic rings. The number of ether oxygens (including phenoxy) is 2. The lowest BCUT2D eigenvalue weighted by Gasteiger charge is -2.09. The van der Waals surface area contributed by atoms with E-state index in [0.717, 1.165) is 11.3 Å². The average Bonchev–Trinajstić information content (AvgIpc) is 2.43. The van der Waals surface area contributed by atoms with Crippen molar-refractivity contribution < 1.29 is 14.3 Å². The summed E-state index contributed by atoms with van der Waals surface area (Å²) in [5, 5.41) is 0. The van der Waals surface area contributed by atoms with Gasteiger partial charge in [-0.15, -0.1) is 0 Å². The maximum absolute atomic E-state index is 11.3. The highest BCUT2D eigenvalue weighted by molar-refractivity contribution is 5.89. The highest BCUT2D eigenvalue weighted by Crippen LogP contribution is 2.24. The molecule has 0 amide bonds. The Morgan fingerprint density at radius 1 is 1.16 bits per heavy atom. The first-order chi connectivity index (χ1) is 9.10. The fourth-order valence-corrected chi connectivity index (χ4v) is 1.62. The number of carbonyl (C=O) groups is 1. The van der Waals surface area contributed by atoms with Crippen molar-refractivity contribution >= 4 is 5.97 Å². The third-order valence-corrected chi connectivity index (χ3v) is 2.68. The molecule has 0 bridgehead atoms. The van der Waals surface area contributed by atoms with Gasteiger partial charge in [-0.1, -0.05) is 0 Å². The molecule has 0 aliphatic rings. The molecule has 0 aliphatic heterocycles. The molecule has 0 saturated carbocycles. The highest BCUT2D eigenvalue weighted by Gasteiger charge is 2.06. The molecule has 4 nitrogen and oxygen atoms in total. The molecule has 1 aromatic heterocycles. The molecule has 2 rings (SSSR count). The molecule has 4 heteroatoms. The van der Waals surface area contributed by atoms with Crippen LogP contribution in [0, 0.1) is 13.8 Å². The van der Waals surface area contributed by atoms with Crippen molar-refractivity contribution in [2.75, 3.05) is 7.11 Å². The van der Waals surface area contributed by atoms with Gasteiger partial charge >= 0.3 is 5.97 Å². The Bertz CT molecular complexity index is 591. The normalized spacial score (nSPS) is 10.1. The second-order valence-corrected chi connectivity index (χ2v) is 4.21. The van der Waals surface area contributed by atoms with Crippen LogP contribution in [-0.4, -0.2) is 18.1 Å². The van der Waals surface area contributed by atoms with Crippen LogP contribution in [0.1, 0.15) is 21.6 Å². The molecule has 0 fully saturated rings. The van der Waals surface area contributed by atoms with Crippen LogP contribution in [-0.2, 0) is 4.74 Å². The van der Waals surface area contributed by atoms with Crippen LogP contribution in [0.25, 0.3) is 0 Å². The highest BCUT2D eigenvalue weighted by atomic mass is 16.5.